The normalized spacial score (nSPS) is 12.7. The summed E-state index contributed by atoms with van der Waals surface area (Å²) >= 11 is 1.89. The molecule has 0 fully saturated rings. The molecule has 1 heteroatoms. The molecular formula is C22H40S. The Morgan fingerprint density at radius 2 is 1.26 bits per heavy atom. The SMILES string of the molecule is CCCCCCCCCCCCCCc1cscc1C(C)CC. The second kappa shape index (κ2) is 14.1. The minimum absolute atomic E-state index is 0.744. The van der Waals surface area contributed by atoms with Crippen LogP contribution in [-0.2, 0) is 6.42 Å². The Balaban J connectivity index is 1.93. The Morgan fingerprint density at radius 1 is 0.739 bits per heavy atom. The molecule has 0 bridgehead atoms. The highest BCUT2D eigenvalue weighted by molar-refractivity contribution is 7.08. The third-order valence-electron chi connectivity index (χ3n) is 5.22. The molecule has 0 saturated heterocycles. The number of thiophene rings is 1. The zero-order valence-electron chi connectivity index (χ0n) is 16.0. The molecule has 0 aliphatic heterocycles. The molecule has 1 aromatic rings. The first-order valence-electron chi connectivity index (χ1n) is 10.3. The summed E-state index contributed by atoms with van der Waals surface area (Å²) in [6.45, 7) is 6.97. The number of hydrogen-bond acceptors (Lipinski definition) is 1. The summed E-state index contributed by atoms with van der Waals surface area (Å²) in [5, 5.41) is 4.77. The van der Waals surface area contributed by atoms with Crippen molar-refractivity contribution in [1.29, 1.82) is 0 Å². The summed E-state index contributed by atoms with van der Waals surface area (Å²) in [4.78, 5) is 0. The van der Waals surface area contributed by atoms with Crippen LogP contribution in [0.4, 0.5) is 0 Å². The summed E-state index contributed by atoms with van der Waals surface area (Å²) < 4.78 is 0. The highest BCUT2D eigenvalue weighted by atomic mass is 32.1. The first-order valence-corrected chi connectivity index (χ1v) is 11.3. The zero-order chi connectivity index (χ0) is 16.8. The topological polar surface area (TPSA) is 0 Å². The van der Waals surface area contributed by atoms with Crippen LogP contribution in [0.5, 0.6) is 0 Å². The highest BCUT2D eigenvalue weighted by Crippen LogP contribution is 2.27. The minimum atomic E-state index is 0.744. The molecule has 0 amide bonds. The van der Waals surface area contributed by atoms with E-state index in [-0.39, 0.29) is 0 Å². The first-order chi connectivity index (χ1) is 11.3. The Bertz CT molecular complexity index is 366. The molecule has 1 heterocycles. The average molecular weight is 337 g/mol. The molecule has 0 saturated carbocycles. The molecule has 0 N–H and O–H groups in total. The fourth-order valence-electron chi connectivity index (χ4n) is 3.35. The highest BCUT2D eigenvalue weighted by Gasteiger charge is 2.09. The Morgan fingerprint density at radius 3 is 1.78 bits per heavy atom. The van der Waals surface area contributed by atoms with E-state index in [1.807, 2.05) is 11.3 Å². The van der Waals surface area contributed by atoms with Crippen LogP contribution in [-0.4, -0.2) is 0 Å². The fraction of sp³-hybridized carbons (Fsp3) is 0.818. The second-order valence-corrected chi connectivity index (χ2v) is 8.04. The Hall–Kier alpha value is -0.300. The van der Waals surface area contributed by atoms with Gasteiger partial charge in [-0.05, 0) is 47.1 Å². The molecule has 1 aromatic heterocycles. The van der Waals surface area contributed by atoms with Crippen LogP contribution in [0, 0.1) is 0 Å². The largest absolute Gasteiger partial charge is 0.152 e. The first kappa shape index (κ1) is 20.7. The van der Waals surface area contributed by atoms with Crippen molar-refractivity contribution < 1.29 is 0 Å². The molecular weight excluding hydrogens is 296 g/mol. The monoisotopic (exact) mass is 336 g/mol. The molecule has 23 heavy (non-hydrogen) atoms. The van der Waals surface area contributed by atoms with Crippen molar-refractivity contribution in [3.8, 4) is 0 Å². The summed E-state index contributed by atoms with van der Waals surface area (Å²) in [6, 6.07) is 0. The van der Waals surface area contributed by atoms with Crippen molar-refractivity contribution in [2.45, 2.75) is 117 Å². The maximum Gasteiger partial charge on any atom is -0.00557 e. The molecule has 1 rings (SSSR count). The van der Waals surface area contributed by atoms with E-state index in [4.69, 9.17) is 0 Å². The second-order valence-electron chi connectivity index (χ2n) is 7.30. The quantitative estimate of drug-likeness (QED) is 0.281. The molecule has 0 aromatic carbocycles. The van der Waals surface area contributed by atoms with Gasteiger partial charge in [-0.3, -0.25) is 0 Å². The predicted octanol–water partition coefficient (Wildman–Crippen LogP) is 8.51. The minimum Gasteiger partial charge on any atom is -0.152 e. The standard InChI is InChI=1S/C22H40S/c1-4-6-7-8-9-10-11-12-13-14-15-16-17-21-18-23-19-22(21)20(3)5-2/h18-20H,4-17H2,1-3H3. The summed E-state index contributed by atoms with van der Waals surface area (Å²) in [7, 11) is 0. The van der Waals surface area contributed by atoms with E-state index >= 15 is 0 Å². The zero-order valence-corrected chi connectivity index (χ0v) is 16.9. The predicted molar refractivity (Wildman–Crippen MR) is 108 cm³/mol. The van der Waals surface area contributed by atoms with Gasteiger partial charge in [0.1, 0.15) is 0 Å². The van der Waals surface area contributed by atoms with Gasteiger partial charge in [-0.25, -0.2) is 0 Å². The van der Waals surface area contributed by atoms with Crippen LogP contribution in [0.1, 0.15) is 121 Å². The molecule has 134 valence electrons. The van der Waals surface area contributed by atoms with Gasteiger partial charge in [0.15, 0.2) is 0 Å². The smallest absolute Gasteiger partial charge is 0.00557 e. The van der Waals surface area contributed by atoms with Crippen LogP contribution in [0.25, 0.3) is 0 Å². The summed E-state index contributed by atoms with van der Waals surface area (Å²) in [5.74, 6) is 0.744. The maximum atomic E-state index is 2.39. The van der Waals surface area contributed by atoms with Crippen molar-refractivity contribution in [3.05, 3.63) is 21.9 Å². The van der Waals surface area contributed by atoms with Crippen molar-refractivity contribution in [1.82, 2.24) is 0 Å². The van der Waals surface area contributed by atoms with E-state index in [1.165, 1.54) is 89.9 Å². The van der Waals surface area contributed by atoms with E-state index in [2.05, 4.69) is 31.5 Å². The number of unbranched alkanes of at least 4 members (excludes halogenated alkanes) is 11. The Labute approximate surface area is 150 Å². The van der Waals surface area contributed by atoms with Gasteiger partial charge < -0.3 is 0 Å². The van der Waals surface area contributed by atoms with Crippen molar-refractivity contribution >= 4 is 11.3 Å². The van der Waals surface area contributed by atoms with Gasteiger partial charge in [0, 0.05) is 0 Å². The van der Waals surface area contributed by atoms with Crippen LogP contribution < -0.4 is 0 Å². The van der Waals surface area contributed by atoms with Crippen LogP contribution >= 0.6 is 11.3 Å². The van der Waals surface area contributed by atoms with E-state index in [0.29, 0.717) is 0 Å². The van der Waals surface area contributed by atoms with Gasteiger partial charge in [0.05, 0.1) is 0 Å². The lowest BCUT2D eigenvalue weighted by atomic mass is 9.95. The third kappa shape index (κ3) is 9.55. The third-order valence-corrected chi connectivity index (χ3v) is 6.03. The lowest BCUT2D eigenvalue weighted by Crippen LogP contribution is -1.95. The maximum absolute atomic E-state index is 2.39. The fourth-order valence-corrected chi connectivity index (χ4v) is 4.36. The lowest BCUT2D eigenvalue weighted by Gasteiger charge is -2.10. The van der Waals surface area contributed by atoms with Gasteiger partial charge >= 0.3 is 0 Å². The van der Waals surface area contributed by atoms with Gasteiger partial charge in [-0.2, -0.15) is 11.3 Å². The van der Waals surface area contributed by atoms with Crippen LogP contribution in [0.3, 0.4) is 0 Å². The van der Waals surface area contributed by atoms with Crippen molar-refractivity contribution in [2.75, 3.05) is 0 Å². The van der Waals surface area contributed by atoms with Gasteiger partial charge in [-0.1, -0.05) is 91.4 Å². The summed E-state index contributed by atoms with van der Waals surface area (Å²) in [6.07, 6.45) is 19.9. The van der Waals surface area contributed by atoms with E-state index in [1.54, 1.807) is 11.1 Å². The van der Waals surface area contributed by atoms with Gasteiger partial charge in [0.2, 0.25) is 0 Å². The average Bonchev–Trinajstić information content (AvgIpc) is 3.03. The lowest BCUT2D eigenvalue weighted by molar-refractivity contribution is 0.543. The van der Waals surface area contributed by atoms with E-state index in [0.717, 1.165) is 5.92 Å². The summed E-state index contributed by atoms with van der Waals surface area (Å²) in [5.41, 5.74) is 3.26. The molecule has 0 radical (unpaired) electrons. The Kier molecular flexibility index (Phi) is 12.7. The number of aryl methyl sites for hydroxylation is 1. The van der Waals surface area contributed by atoms with E-state index in [9.17, 15) is 0 Å². The van der Waals surface area contributed by atoms with Gasteiger partial charge in [-0.15, -0.1) is 0 Å². The molecule has 0 aliphatic rings. The number of rotatable bonds is 15. The number of hydrogen-bond donors (Lipinski definition) is 0. The molecule has 1 atom stereocenters. The van der Waals surface area contributed by atoms with Crippen LogP contribution in [0.2, 0.25) is 0 Å². The van der Waals surface area contributed by atoms with Gasteiger partial charge in [0.25, 0.3) is 0 Å². The van der Waals surface area contributed by atoms with E-state index < -0.39 is 0 Å². The van der Waals surface area contributed by atoms with Crippen LogP contribution in [0.15, 0.2) is 10.8 Å². The van der Waals surface area contributed by atoms with Crippen molar-refractivity contribution in [3.63, 3.8) is 0 Å². The molecule has 0 spiro atoms. The molecule has 1 unspecified atom stereocenters. The van der Waals surface area contributed by atoms with Crippen molar-refractivity contribution in [2.24, 2.45) is 0 Å². The molecule has 0 aliphatic carbocycles. The molecule has 0 nitrogen and oxygen atoms in total.